The van der Waals surface area contributed by atoms with E-state index in [0.717, 1.165) is 5.52 Å². The van der Waals surface area contributed by atoms with Crippen molar-refractivity contribution >= 4 is 16.9 Å². The summed E-state index contributed by atoms with van der Waals surface area (Å²) in [7, 11) is 1.71. The first-order valence-corrected chi connectivity index (χ1v) is 9.11. The Hall–Kier alpha value is -3.81. The van der Waals surface area contributed by atoms with Crippen LogP contribution in [0.25, 0.3) is 22.4 Å². The van der Waals surface area contributed by atoms with E-state index in [-0.39, 0.29) is 11.5 Å². The van der Waals surface area contributed by atoms with Gasteiger partial charge in [-0.3, -0.25) is 9.59 Å². The third kappa shape index (κ3) is 3.52. The molecule has 0 aliphatic carbocycles. The molecule has 8 heteroatoms. The van der Waals surface area contributed by atoms with E-state index in [1.54, 1.807) is 61.9 Å². The van der Waals surface area contributed by atoms with E-state index in [1.807, 2.05) is 12.1 Å². The van der Waals surface area contributed by atoms with Crippen LogP contribution in [0.1, 0.15) is 34.9 Å². The van der Waals surface area contributed by atoms with E-state index in [1.165, 1.54) is 0 Å². The average Bonchev–Trinajstić information content (AvgIpc) is 3.23. The van der Waals surface area contributed by atoms with Gasteiger partial charge in [0.15, 0.2) is 0 Å². The Bertz CT molecular complexity index is 1260. The topological polar surface area (TPSA) is 103 Å². The van der Waals surface area contributed by atoms with Gasteiger partial charge in [-0.25, -0.2) is 4.98 Å². The number of amides is 1. The first kappa shape index (κ1) is 18.5. The number of carbonyl (C=O) groups excluding carboxylic acids is 1. The van der Waals surface area contributed by atoms with E-state index in [4.69, 9.17) is 4.52 Å². The van der Waals surface area contributed by atoms with Crippen molar-refractivity contribution in [1.29, 1.82) is 0 Å². The molecule has 0 aliphatic rings. The second kappa shape index (κ2) is 7.31. The predicted octanol–water partition coefficient (Wildman–Crippen LogP) is 2.78. The molecule has 2 aromatic heterocycles. The van der Waals surface area contributed by atoms with E-state index >= 15 is 0 Å². The second-order valence-electron chi connectivity index (χ2n) is 6.78. The van der Waals surface area contributed by atoms with Crippen molar-refractivity contribution in [1.82, 2.24) is 25.0 Å². The fourth-order valence-corrected chi connectivity index (χ4v) is 3.08. The van der Waals surface area contributed by atoms with Gasteiger partial charge < -0.3 is 14.4 Å². The van der Waals surface area contributed by atoms with E-state index in [9.17, 15) is 9.59 Å². The van der Waals surface area contributed by atoms with E-state index in [2.05, 4.69) is 20.4 Å². The van der Waals surface area contributed by atoms with Gasteiger partial charge in [0.2, 0.25) is 11.7 Å². The molecule has 4 rings (SSSR count). The van der Waals surface area contributed by atoms with Gasteiger partial charge in [0.25, 0.3) is 11.5 Å². The maximum atomic E-state index is 12.3. The molecule has 0 unspecified atom stereocenters. The van der Waals surface area contributed by atoms with Gasteiger partial charge in [-0.05, 0) is 44.2 Å². The fraction of sp³-hybridized carbons (Fsp3) is 0.190. The van der Waals surface area contributed by atoms with Crippen molar-refractivity contribution < 1.29 is 9.32 Å². The largest absolute Gasteiger partial charge is 0.341 e. The maximum Gasteiger partial charge on any atom is 0.272 e. The summed E-state index contributed by atoms with van der Waals surface area (Å²) in [6.45, 7) is 3.46. The molecule has 146 valence electrons. The summed E-state index contributed by atoms with van der Waals surface area (Å²) in [4.78, 5) is 33.1. The van der Waals surface area contributed by atoms with Crippen molar-refractivity contribution in [3.05, 3.63) is 76.0 Å². The van der Waals surface area contributed by atoms with Crippen molar-refractivity contribution in [2.24, 2.45) is 7.05 Å². The van der Waals surface area contributed by atoms with Crippen LogP contribution in [-0.2, 0) is 7.05 Å². The van der Waals surface area contributed by atoms with Crippen LogP contribution in [0.2, 0.25) is 0 Å². The number of nitrogens with one attached hydrogen (secondary N) is 1. The molecule has 0 saturated heterocycles. The van der Waals surface area contributed by atoms with Crippen LogP contribution in [0.3, 0.4) is 0 Å². The lowest BCUT2D eigenvalue weighted by atomic mass is 10.1. The summed E-state index contributed by atoms with van der Waals surface area (Å²) in [5.74, 6) is 0.467. The van der Waals surface area contributed by atoms with Gasteiger partial charge in [-0.2, -0.15) is 4.98 Å². The molecule has 1 amide bonds. The van der Waals surface area contributed by atoms with Crippen LogP contribution in [0, 0.1) is 6.92 Å². The minimum absolute atomic E-state index is 0.130. The molecule has 0 aliphatic heterocycles. The molecule has 0 radical (unpaired) electrons. The number of rotatable bonds is 4. The normalized spacial score (nSPS) is 12.1. The molecule has 2 heterocycles. The van der Waals surface area contributed by atoms with Crippen molar-refractivity contribution in [3.63, 3.8) is 0 Å². The van der Waals surface area contributed by atoms with Crippen LogP contribution in [0.15, 0.2) is 57.8 Å². The highest BCUT2D eigenvalue weighted by Gasteiger charge is 2.18. The minimum atomic E-state index is -0.453. The van der Waals surface area contributed by atoms with Gasteiger partial charge in [0.1, 0.15) is 11.7 Å². The Morgan fingerprint density at radius 3 is 2.66 bits per heavy atom. The predicted molar refractivity (Wildman–Crippen MR) is 107 cm³/mol. The molecule has 8 nitrogen and oxygen atoms in total. The number of hydrogen-bond acceptors (Lipinski definition) is 6. The average molecular weight is 389 g/mol. The SMILES string of the molecule is Cc1nc2cc(-c3noc([C@@H](C)NC(=O)c4ccccc4)n3)ccc2n(C)c1=O. The van der Waals surface area contributed by atoms with Gasteiger partial charge in [0, 0.05) is 18.2 Å². The highest BCUT2D eigenvalue weighted by molar-refractivity contribution is 5.94. The number of fused-ring (bicyclic) bond motifs is 1. The monoisotopic (exact) mass is 389 g/mol. The van der Waals surface area contributed by atoms with Crippen LogP contribution < -0.4 is 10.9 Å². The first-order valence-electron chi connectivity index (χ1n) is 9.11. The molecule has 0 fully saturated rings. The second-order valence-corrected chi connectivity index (χ2v) is 6.78. The third-order valence-corrected chi connectivity index (χ3v) is 4.69. The zero-order valence-corrected chi connectivity index (χ0v) is 16.2. The molecule has 0 bridgehead atoms. The number of aromatic nitrogens is 4. The van der Waals surface area contributed by atoms with Gasteiger partial charge >= 0.3 is 0 Å². The summed E-state index contributed by atoms with van der Waals surface area (Å²) >= 11 is 0. The molecule has 0 saturated carbocycles. The van der Waals surface area contributed by atoms with E-state index in [0.29, 0.717) is 34.1 Å². The molecule has 0 spiro atoms. The number of aryl methyl sites for hydroxylation is 2. The molecule has 1 atom stereocenters. The zero-order valence-electron chi connectivity index (χ0n) is 16.2. The first-order chi connectivity index (χ1) is 13.9. The number of hydrogen-bond donors (Lipinski definition) is 1. The standard InChI is InChI=1S/C21H19N5O3/c1-12(23-19(27)14-7-5-4-6-8-14)20-24-18(25-29-20)15-9-10-17-16(11-15)22-13(2)21(28)26(17)3/h4-12H,1-3H3,(H,23,27)/t12-/m1/s1. The Labute approximate surface area is 166 Å². The minimum Gasteiger partial charge on any atom is -0.341 e. The molecule has 29 heavy (non-hydrogen) atoms. The maximum absolute atomic E-state index is 12.3. The summed E-state index contributed by atoms with van der Waals surface area (Å²) in [6.07, 6.45) is 0. The molecular formula is C21H19N5O3. The highest BCUT2D eigenvalue weighted by Crippen LogP contribution is 2.22. The third-order valence-electron chi connectivity index (χ3n) is 4.69. The van der Waals surface area contributed by atoms with E-state index < -0.39 is 6.04 Å². The number of benzene rings is 2. The fourth-order valence-electron chi connectivity index (χ4n) is 3.08. The van der Waals surface area contributed by atoms with Crippen LogP contribution in [-0.4, -0.2) is 25.6 Å². The van der Waals surface area contributed by atoms with Crippen LogP contribution in [0.4, 0.5) is 0 Å². The van der Waals surface area contributed by atoms with Gasteiger partial charge in [-0.15, -0.1) is 0 Å². The molecule has 4 aromatic rings. The van der Waals surface area contributed by atoms with Gasteiger partial charge in [-0.1, -0.05) is 23.4 Å². The summed E-state index contributed by atoms with van der Waals surface area (Å²) in [5, 5.41) is 6.87. The summed E-state index contributed by atoms with van der Waals surface area (Å²) < 4.78 is 6.90. The quantitative estimate of drug-likeness (QED) is 0.576. The van der Waals surface area contributed by atoms with Gasteiger partial charge in [0.05, 0.1) is 11.0 Å². The lowest BCUT2D eigenvalue weighted by Gasteiger charge is -2.09. The van der Waals surface area contributed by atoms with Crippen molar-refractivity contribution in [2.45, 2.75) is 19.9 Å². The Balaban J connectivity index is 1.59. The molecule has 1 N–H and O–H groups in total. The lowest BCUT2D eigenvalue weighted by molar-refractivity contribution is 0.0932. The smallest absolute Gasteiger partial charge is 0.272 e. The lowest BCUT2D eigenvalue weighted by Crippen LogP contribution is -2.26. The van der Waals surface area contributed by atoms with Crippen molar-refractivity contribution in [3.8, 4) is 11.4 Å². The molecule has 2 aromatic carbocycles. The summed E-state index contributed by atoms with van der Waals surface area (Å²) in [5.41, 5.74) is 2.94. The summed E-state index contributed by atoms with van der Waals surface area (Å²) in [6, 6.07) is 13.9. The zero-order chi connectivity index (χ0) is 20.5. The van der Waals surface area contributed by atoms with Crippen molar-refractivity contribution in [2.75, 3.05) is 0 Å². The number of carbonyl (C=O) groups is 1. The molecular weight excluding hydrogens is 370 g/mol. The number of nitrogens with zero attached hydrogens (tertiary/aromatic N) is 4. The van der Waals surface area contributed by atoms with Crippen LogP contribution >= 0.6 is 0 Å². The Morgan fingerprint density at radius 1 is 1.14 bits per heavy atom. The van der Waals surface area contributed by atoms with Crippen LogP contribution in [0.5, 0.6) is 0 Å². The Morgan fingerprint density at radius 2 is 1.90 bits per heavy atom. The Kier molecular flexibility index (Phi) is 4.67. The highest BCUT2D eigenvalue weighted by atomic mass is 16.5.